The SMILES string of the molecule is COC(CN)Cc1nc2c(F)c(F)ccc2[nH]1. The minimum absolute atomic E-state index is 0.00637. The molecule has 0 saturated heterocycles. The van der Waals surface area contributed by atoms with Crippen molar-refractivity contribution in [3.05, 3.63) is 29.6 Å². The summed E-state index contributed by atoms with van der Waals surface area (Å²) in [5, 5.41) is 0. The Labute approximate surface area is 96.8 Å². The van der Waals surface area contributed by atoms with Gasteiger partial charge in [-0.1, -0.05) is 0 Å². The van der Waals surface area contributed by atoms with Gasteiger partial charge in [-0.2, -0.15) is 0 Å². The first-order valence-corrected chi connectivity index (χ1v) is 5.21. The van der Waals surface area contributed by atoms with Gasteiger partial charge < -0.3 is 15.5 Å². The molecule has 0 saturated carbocycles. The average molecular weight is 241 g/mol. The molecule has 0 radical (unpaired) electrons. The zero-order valence-corrected chi connectivity index (χ0v) is 9.34. The summed E-state index contributed by atoms with van der Waals surface area (Å²) in [5.74, 6) is -1.31. The molecule has 0 fully saturated rings. The second-order valence-electron chi connectivity index (χ2n) is 3.74. The standard InChI is InChI=1S/C11H13F2N3O/c1-17-6(5-14)4-9-15-8-3-2-7(12)10(13)11(8)16-9/h2-3,6H,4-5,14H2,1H3,(H,15,16). The minimum Gasteiger partial charge on any atom is -0.380 e. The van der Waals surface area contributed by atoms with Crippen LogP contribution in [0.3, 0.4) is 0 Å². The molecular weight excluding hydrogens is 228 g/mol. The summed E-state index contributed by atoms with van der Waals surface area (Å²) in [6.45, 7) is 0.338. The fraction of sp³-hybridized carbons (Fsp3) is 0.364. The van der Waals surface area contributed by atoms with Crippen LogP contribution in [-0.4, -0.2) is 29.7 Å². The van der Waals surface area contributed by atoms with Crippen molar-refractivity contribution in [3.63, 3.8) is 0 Å². The first-order chi connectivity index (χ1) is 8.15. The topological polar surface area (TPSA) is 63.9 Å². The molecule has 1 aromatic carbocycles. The first-order valence-electron chi connectivity index (χ1n) is 5.21. The summed E-state index contributed by atoms with van der Waals surface area (Å²) in [6.07, 6.45) is 0.242. The number of H-pyrrole nitrogens is 1. The highest BCUT2D eigenvalue weighted by atomic mass is 19.2. The van der Waals surface area contributed by atoms with Crippen molar-refractivity contribution in [3.8, 4) is 0 Å². The quantitative estimate of drug-likeness (QED) is 0.849. The van der Waals surface area contributed by atoms with Crippen molar-refractivity contribution in [1.82, 2.24) is 9.97 Å². The normalized spacial score (nSPS) is 13.2. The Kier molecular flexibility index (Phi) is 3.35. The number of ether oxygens (including phenoxy) is 1. The number of nitrogens with one attached hydrogen (secondary N) is 1. The van der Waals surface area contributed by atoms with Gasteiger partial charge in [-0.05, 0) is 12.1 Å². The first kappa shape index (κ1) is 11.9. The minimum atomic E-state index is -0.938. The zero-order chi connectivity index (χ0) is 12.4. The molecule has 17 heavy (non-hydrogen) atoms. The molecular formula is C11H13F2N3O. The van der Waals surface area contributed by atoms with Gasteiger partial charge in [0.15, 0.2) is 11.6 Å². The fourth-order valence-electron chi connectivity index (χ4n) is 1.64. The van der Waals surface area contributed by atoms with Gasteiger partial charge in [-0.25, -0.2) is 13.8 Å². The van der Waals surface area contributed by atoms with Crippen LogP contribution in [0.25, 0.3) is 11.0 Å². The number of nitrogens with zero attached hydrogens (tertiary/aromatic N) is 1. The van der Waals surface area contributed by atoms with Crippen LogP contribution < -0.4 is 5.73 Å². The van der Waals surface area contributed by atoms with E-state index in [1.807, 2.05) is 0 Å². The molecule has 1 heterocycles. The smallest absolute Gasteiger partial charge is 0.186 e. The molecule has 0 aliphatic carbocycles. The van der Waals surface area contributed by atoms with E-state index in [0.29, 0.717) is 24.3 Å². The van der Waals surface area contributed by atoms with Crippen molar-refractivity contribution in [2.24, 2.45) is 5.73 Å². The molecule has 6 heteroatoms. The third-order valence-corrected chi connectivity index (χ3v) is 2.61. The number of imidazole rings is 1. The molecule has 92 valence electrons. The molecule has 1 aromatic heterocycles. The van der Waals surface area contributed by atoms with Crippen molar-refractivity contribution in [1.29, 1.82) is 0 Å². The lowest BCUT2D eigenvalue weighted by molar-refractivity contribution is 0.108. The summed E-state index contributed by atoms with van der Waals surface area (Å²) in [6, 6.07) is 2.52. The number of hydrogen-bond acceptors (Lipinski definition) is 3. The van der Waals surface area contributed by atoms with E-state index in [9.17, 15) is 8.78 Å². The van der Waals surface area contributed by atoms with Gasteiger partial charge in [0, 0.05) is 20.1 Å². The number of hydrogen-bond donors (Lipinski definition) is 2. The third kappa shape index (κ3) is 2.27. The van der Waals surface area contributed by atoms with Crippen molar-refractivity contribution < 1.29 is 13.5 Å². The lowest BCUT2D eigenvalue weighted by atomic mass is 10.2. The Bertz CT molecular complexity index is 523. The molecule has 3 N–H and O–H groups in total. The predicted molar refractivity (Wildman–Crippen MR) is 59.6 cm³/mol. The van der Waals surface area contributed by atoms with Crippen LogP contribution in [0.2, 0.25) is 0 Å². The number of halogens is 2. The van der Waals surface area contributed by atoms with E-state index in [0.717, 1.165) is 6.07 Å². The Morgan fingerprint density at radius 3 is 2.88 bits per heavy atom. The third-order valence-electron chi connectivity index (χ3n) is 2.61. The number of fused-ring (bicyclic) bond motifs is 1. The highest BCUT2D eigenvalue weighted by Crippen LogP contribution is 2.18. The van der Waals surface area contributed by atoms with Gasteiger partial charge in [0.05, 0.1) is 11.6 Å². The highest BCUT2D eigenvalue weighted by molar-refractivity contribution is 5.75. The summed E-state index contributed by atoms with van der Waals surface area (Å²) < 4.78 is 31.5. The number of nitrogens with two attached hydrogens (primary N) is 1. The van der Waals surface area contributed by atoms with Crippen LogP contribution >= 0.6 is 0 Å². The van der Waals surface area contributed by atoms with Gasteiger partial charge in [0.25, 0.3) is 0 Å². The van der Waals surface area contributed by atoms with Crippen LogP contribution in [0.15, 0.2) is 12.1 Å². The van der Waals surface area contributed by atoms with Gasteiger partial charge in [0.2, 0.25) is 0 Å². The lowest BCUT2D eigenvalue weighted by Crippen LogP contribution is -2.25. The number of benzene rings is 1. The van der Waals surface area contributed by atoms with Crippen LogP contribution in [0.4, 0.5) is 8.78 Å². The Balaban J connectivity index is 2.35. The van der Waals surface area contributed by atoms with Gasteiger partial charge in [0.1, 0.15) is 11.3 Å². The molecule has 2 rings (SSSR count). The van der Waals surface area contributed by atoms with E-state index >= 15 is 0 Å². The van der Waals surface area contributed by atoms with E-state index < -0.39 is 11.6 Å². The van der Waals surface area contributed by atoms with Gasteiger partial charge in [-0.3, -0.25) is 0 Å². The highest BCUT2D eigenvalue weighted by Gasteiger charge is 2.14. The number of aromatic nitrogens is 2. The summed E-state index contributed by atoms with van der Waals surface area (Å²) in [7, 11) is 1.54. The largest absolute Gasteiger partial charge is 0.380 e. The summed E-state index contributed by atoms with van der Waals surface area (Å²) in [5.41, 5.74) is 5.95. The monoisotopic (exact) mass is 241 g/mol. The van der Waals surface area contributed by atoms with Crippen LogP contribution in [0, 0.1) is 11.6 Å². The maximum absolute atomic E-state index is 13.4. The fourth-order valence-corrected chi connectivity index (χ4v) is 1.64. The molecule has 2 aromatic rings. The summed E-state index contributed by atoms with van der Waals surface area (Å²) in [4.78, 5) is 6.91. The van der Waals surface area contributed by atoms with E-state index in [-0.39, 0.29) is 11.6 Å². The molecule has 1 unspecified atom stereocenters. The van der Waals surface area contributed by atoms with Gasteiger partial charge >= 0.3 is 0 Å². The average Bonchev–Trinajstić information content (AvgIpc) is 2.74. The number of rotatable bonds is 4. The zero-order valence-electron chi connectivity index (χ0n) is 9.34. The van der Waals surface area contributed by atoms with E-state index in [1.165, 1.54) is 6.07 Å². The van der Waals surface area contributed by atoms with Crippen molar-refractivity contribution >= 4 is 11.0 Å². The molecule has 4 nitrogen and oxygen atoms in total. The molecule has 0 bridgehead atoms. The Hall–Kier alpha value is -1.53. The second kappa shape index (κ2) is 4.77. The van der Waals surface area contributed by atoms with Crippen LogP contribution in [0.1, 0.15) is 5.82 Å². The van der Waals surface area contributed by atoms with Crippen molar-refractivity contribution in [2.45, 2.75) is 12.5 Å². The van der Waals surface area contributed by atoms with E-state index in [1.54, 1.807) is 7.11 Å². The van der Waals surface area contributed by atoms with Crippen molar-refractivity contribution in [2.75, 3.05) is 13.7 Å². The second-order valence-corrected chi connectivity index (χ2v) is 3.74. The molecule has 1 atom stereocenters. The number of aromatic amines is 1. The molecule has 0 aliphatic rings. The Morgan fingerprint density at radius 1 is 1.47 bits per heavy atom. The Morgan fingerprint density at radius 2 is 2.24 bits per heavy atom. The molecule has 0 aliphatic heterocycles. The van der Waals surface area contributed by atoms with Crippen LogP contribution in [0.5, 0.6) is 0 Å². The summed E-state index contributed by atoms with van der Waals surface area (Å²) >= 11 is 0. The van der Waals surface area contributed by atoms with E-state index in [2.05, 4.69) is 9.97 Å². The molecule has 0 spiro atoms. The number of methoxy groups -OCH3 is 1. The maximum Gasteiger partial charge on any atom is 0.186 e. The van der Waals surface area contributed by atoms with Crippen LogP contribution in [-0.2, 0) is 11.2 Å². The maximum atomic E-state index is 13.4. The predicted octanol–water partition coefficient (Wildman–Crippen LogP) is 1.36. The van der Waals surface area contributed by atoms with Gasteiger partial charge in [-0.15, -0.1) is 0 Å². The lowest BCUT2D eigenvalue weighted by Gasteiger charge is -2.09. The molecule has 0 amide bonds. The van der Waals surface area contributed by atoms with E-state index in [4.69, 9.17) is 10.5 Å².